The number of anilines is 1. The van der Waals surface area contributed by atoms with Crippen LogP contribution >= 0.6 is 0 Å². The Morgan fingerprint density at radius 2 is 2.22 bits per heavy atom. The Kier molecular flexibility index (Phi) is 3.79. The fourth-order valence-electron chi connectivity index (χ4n) is 4.93. The maximum atomic E-state index is 12.9. The molecule has 27 heavy (non-hydrogen) atoms. The van der Waals surface area contributed by atoms with Crippen LogP contribution in [0.25, 0.3) is 5.82 Å². The average molecular weight is 366 g/mol. The van der Waals surface area contributed by atoms with Crippen molar-refractivity contribution < 1.29 is 9.53 Å². The summed E-state index contributed by atoms with van der Waals surface area (Å²) in [6.07, 6.45) is 5.90. The highest BCUT2D eigenvalue weighted by molar-refractivity contribution is 5.82. The minimum Gasteiger partial charge on any atom is -0.383 e. The predicted octanol–water partition coefficient (Wildman–Crippen LogP) is 2.42. The quantitative estimate of drug-likeness (QED) is 0.834. The summed E-state index contributed by atoms with van der Waals surface area (Å²) in [6.45, 7) is 5.14. The molecule has 2 fully saturated rings. The lowest BCUT2D eigenvalue weighted by Crippen LogP contribution is -2.53. The van der Waals surface area contributed by atoms with E-state index in [1.54, 1.807) is 7.11 Å². The van der Waals surface area contributed by atoms with Gasteiger partial charge in [-0.05, 0) is 43.0 Å². The van der Waals surface area contributed by atoms with Gasteiger partial charge in [0.05, 0.1) is 18.0 Å². The second kappa shape index (κ2) is 6.09. The number of aromatic nitrogens is 2. The molecule has 1 aliphatic carbocycles. The largest absolute Gasteiger partial charge is 0.383 e. The Morgan fingerprint density at radius 3 is 3.00 bits per heavy atom. The molecule has 0 N–H and O–H groups in total. The summed E-state index contributed by atoms with van der Waals surface area (Å²) in [5.41, 5.74) is 2.13. The molecule has 0 radical (unpaired) electrons. The monoisotopic (exact) mass is 366 g/mol. The summed E-state index contributed by atoms with van der Waals surface area (Å²) >= 11 is 0. The Labute approximate surface area is 159 Å². The highest BCUT2D eigenvalue weighted by Crippen LogP contribution is 2.48. The lowest BCUT2D eigenvalue weighted by atomic mass is 9.89. The highest BCUT2D eigenvalue weighted by Gasteiger charge is 2.52. The van der Waals surface area contributed by atoms with Gasteiger partial charge in [-0.3, -0.25) is 4.79 Å². The summed E-state index contributed by atoms with van der Waals surface area (Å²) < 4.78 is 7.62. The van der Waals surface area contributed by atoms with Gasteiger partial charge in [0.15, 0.2) is 5.82 Å². The number of pyridine rings is 1. The average Bonchev–Trinajstić information content (AvgIpc) is 3.09. The highest BCUT2D eigenvalue weighted by atomic mass is 16.5. The number of carbonyl (C=O) groups is 1. The van der Waals surface area contributed by atoms with Crippen molar-refractivity contribution in [3.63, 3.8) is 0 Å². The van der Waals surface area contributed by atoms with Gasteiger partial charge in [0.2, 0.25) is 5.91 Å². The maximum absolute atomic E-state index is 12.9. The van der Waals surface area contributed by atoms with Crippen molar-refractivity contribution >= 4 is 11.6 Å². The molecule has 1 saturated carbocycles. The van der Waals surface area contributed by atoms with E-state index >= 15 is 0 Å². The van der Waals surface area contributed by atoms with Crippen LogP contribution in [0.2, 0.25) is 0 Å². The molecule has 5 rings (SSSR count). The molecule has 1 spiro atoms. The van der Waals surface area contributed by atoms with E-state index in [0.717, 1.165) is 44.0 Å². The first kappa shape index (κ1) is 16.8. The number of amides is 1. The Bertz CT molecular complexity index is 879. The number of hydrogen-bond donors (Lipinski definition) is 0. The topological polar surface area (TPSA) is 50.6 Å². The zero-order valence-electron chi connectivity index (χ0n) is 16.0. The summed E-state index contributed by atoms with van der Waals surface area (Å²) in [5.74, 6) is 2.07. The van der Waals surface area contributed by atoms with Crippen molar-refractivity contribution in [3.8, 4) is 5.82 Å². The summed E-state index contributed by atoms with van der Waals surface area (Å²) in [6, 6.07) is 8.40. The van der Waals surface area contributed by atoms with E-state index < -0.39 is 0 Å². The molecule has 2 aromatic heterocycles. The van der Waals surface area contributed by atoms with Crippen molar-refractivity contribution in [2.24, 2.45) is 11.8 Å². The summed E-state index contributed by atoms with van der Waals surface area (Å²) in [5, 5.41) is 0. The van der Waals surface area contributed by atoms with Gasteiger partial charge in [0.1, 0.15) is 5.54 Å². The fraction of sp³-hybridized carbons (Fsp3) is 0.524. The van der Waals surface area contributed by atoms with Crippen LogP contribution in [0.1, 0.15) is 25.5 Å². The van der Waals surface area contributed by atoms with Crippen molar-refractivity contribution in [3.05, 3.63) is 42.4 Å². The lowest BCUT2D eigenvalue weighted by Gasteiger charge is -2.47. The van der Waals surface area contributed by atoms with Crippen LogP contribution in [0.4, 0.5) is 5.69 Å². The summed E-state index contributed by atoms with van der Waals surface area (Å²) in [4.78, 5) is 22.1. The normalized spacial score (nSPS) is 28.4. The Hall–Kier alpha value is -2.34. The first-order valence-electron chi connectivity index (χ1n) is 9.84. The molecular formula is C21H26N4O2. The third kappa shape index (κ3) is 2.42. The second-order valence-corrected chi connectivity index (χ2v) is 8.11. The number of ether oxygens (including phenoxy) is 1. The molecule has 1 amide bonds. The number of rotatable bonds is 4. The molecule has 3 atom stereocenters. The maximum Gasteiger partial charge on any atom is 0.226 e. The number of carbonyl (C=O) groups excluding carboxylic acids is 1. The van der Waals surface area contributed by atoms with Crippen LogP contribution in [0.15, 0.2) is 36.7 Å². The predicted molar refractivity (Wildman–Crippen MR) is 103 cm³/mol. The van der Waals surface area contributed by atoms with Crippen LogP contribution in [-0.2, 0) is 15.1 Å². The van der Waals surface area contributed by atoms with E-state index in [1.807, 2.05) is 12.3 Å². The first-order chi connectivity index (χ1) is 13.2. The molecule has 3 aliphatic rings. The van der Waals surface area contributed by atoms with E-state index in [9.17, 15) is 4.79 Å². The van der Waals surface area contributed by atoms with Crippen LogP contribution in [-0.4, -0.2) is 53.7 Å². The number of methoxy groups -OCH3 is 1. The smallest absolute Gasteiger partial charge is 0.226 e. The number of hydrogen-bond acceptors (Lipinski definition) is 4. The Morgan fingerprint density at radius 1 is 1.37 bits per heavy atom. The van der Waals surface area contributed by atoms with Crippen molar-refractivity contribution in [2.45, 2.75) is 25.3 Å². The van der Waals surface area contributed by atoms with Gasteiger partial charge in [-0.15, -0.1) is 0 Å². The molecule has 6 nitrogen and oxygen atoms in total. The van der Waals surface area contributed by atoms with Gasteiger partial charge in [-0.2, -0.15) is 0 Å². The van der Waals surface area contributed by atoms with Gasteiger partial charge in [-0.1, -0.05) is 6.92 Å². The van der Waals surface area contributed by atoms with Crippen LogP contribution < -0.4 is 4.90 Å². The molecule has 142 valence electrons. The SMILES string of the molecule is COCCN1c2cccnc2-n2cccc2[C@]12CCN(C(=O)[C@@H]1C[C@@H]1C)C2. The van der Waals surface area contributed by atoms with E-state index in [1.165, 1.54) is 5.69 Å². The van der Waals surface area contributed by atoms with Gasteiger partial charge in [0.25, 0.3) is 0 Å². The van der Waals surface area contributed by atoms with Crippen molar-refractivity contribution in [1.82, 2.24) is 14.5 Å². The van der Waals surface area contributed by atoms with Crippen LogP contribution in [0, 0.1) is 11.8 Å². The molecule has 0 unspecified atom stereocenters. The molecule has 0 aromatic carbocycles. The number of fused-ring (bicyclic) bond motifs is 4. The molecule has 4 heterocycles. The van der Waals surface area contributed by atoms with Gasteiger partial charge in [-0.25, -0.2) is 4.98 Å². The standard InChI is InChI=1S/C21H26N4O2/c1-15-13-16(15)20(26)23-10-7-21(14-23)18-6-4-9-24(18)19-17(5-3-8-22-19)25(21)11-12-27-2/h3-6,8-9,15-16H,7,10-14H2,1-2H3/t15-,16+,21+/m0/s1. The molecule has 2 aliphatic heterocycles. The van der Waals surface area contributed by atoms with Gasteiger partial charge < -0.3 is 19.1 Å². The van der Waals surface area contributed by atoms with E-state index in [0.29, 0.717) is 18.4 Å². The van der Waals surface area contributed by atoms with Crippen LogP contribution in [0.3, 0.4) is 0 Å². The van der Waals surface area contributed by atoms with Crippen LogP contribution in [0.5, 0.6) is 0 Å². The molecule has 2 aromatic rings. The van der Waals surface area contributed by atoms with E-state index in [2.05, 4.69) is 50.7 Å². The summed E-state index contributed by atoms with van der Waals surface area (Å²) in [7, 11) is 1.74. The van der Waals surface area contributed by atoms with Gasteiger partial charge in [0, 0.05) is 45.1 Å². The zero-order chi connectivity index (χ0) is 18.6. The first-order valence-corrected chi connectivity index (χ1v) is 9.84. The van der Waals surface area contributed by atoms with Crippen molar-refractivity contribution in [2.75, 3.05) is 38.3 Å². The third-order valence-corrected chi connectivity index (χ3v) is 6.53. The third-order valence-electron chi connectivity index (χ3n) is 6.53. The number of nitrogens with zero attached hydrogens (tertiary/aromatic N) is 4. The minimum absolute atomic E-state index is 0.216. The fourth-order valence-corrected chi connectivity index (χ4v) is 4.93. The van der Waals surface area contributed by atoms with Gasteiger partial charge >= 0.3 is 0 Å². The molecule has 0 bridgehead atoms. The minimum atomic E-state index is -0.216. The Balaban J connectivity index is 1.57. The number of likely N-dealkylation sites (tertiary alicyclic amines) is 1. The lowest BCUT2D eigenvalue weighted by molar-refractivity contribution is -0.132. The molecule has 6 heteroatoms. The molecular weight excluding hydrogens is 340 g/mol. The second-order valence-electron chi connectivity index (χ2n) is 8.11. The zero-order valence-corrected chi connectivity index (χ0v) is 16.0. The van der Waals surface area contributed by atoms with Crippen molar-refractivity contribution in [1.29, 1.82) is 0 Å². The molecule has 1 saturated heterocycles. The van der Waals surface area contributed by atoms with E-state index in [-0.39, 0.29) is 11.5 Å². The van der Waals surface area contributed by atoms with E-state index in [4.69, 9.17) is 4.74 Å².